The van der Waals surface area contributed by atoms with Crippen LogP contribution in [-0.2, 0) is 4.79 Å². The van der Waals surface area contributed by atoms with Crippen molar-refractivity contribution >= 4 is 5.78 Å². The lowest BCUT2D eigenvalue weighted by molar-refractivity contribution is -0.118. The molecule has 1 aliphatic heterocycles. The minimum Gasteiger partial charge on any atom is -0.305 e. The molecular formula is C17H26N2O. The second kappa shape index (κ2) is 6.51. The van der Waals surface area contributed by atoms with Crippen molar-refractivity contribution < 1.29 is 4.79 Å². The van der Waals surface area contributed by atoms with Gasteiger partial charge in [-0.15, -0.1) is 0 Å². The largest absolute Gasteiger partial charge is 0.305 e. The first-order valence-electron chi connectivity index (χ1n) is 7.43. The van der Waals surface area contributed by atoms with Gasteiger partial charge in [-0.25, -0.2) is 0 Å². The number of hydrogen-bond donors (Lipinski definition) is 0. The van der Waals surface area contributed by atoms with Crippen molar-refractivity contribution in [2.45, 2.75) is 32.2 Å². The maximum atomic E-state index is 12.0. The molecule has 0 aromatic heterocycles. The van der Waals surface area contributed by atoms with Crippen LogP contribution in [0.1, 0.15) is 30.4 Å². The lowest BCUT2D eigenvalue weighted by atomic mass is 9.94. The summed E-state index contributed by atoms with van der Waals surface area (Å²) in [6, 6.07) is 9.01. The van der Waals surface area contributed by atoms with Crippen molar-refractivity contribution in [3.05, 3.63) is 35.4 Å². The molecule has 2 atom stereocenters. The number of carbonyl (C=O) groups is 1. The van der Waals surface area contributed by atoms with E-state index >= 15 is 0 Å². The van der Waals surface area contributed by atoms with E-state index in [-0.39, 0.29) is 11.7 Å². The maximum Gasteiger partial charge on any atom is 0.138 e. The van der Waals surface area contributed by atoms with E-state index in [9.17, 15) is 4.79 Å². The average Bonchev–Trinajstić information content (AvgIpc) is 2.86. The Morgan fingerprint density at radius 3 is 2.50 bits per heavy atom. The summed E-state index contributed by atoms with van der Waals surface area (Å²) in [4.78, 5) is 16.7. The zero-order valence-corrected chi connectivity index (χ0v) is 13.1. The molecular weight excluding hydrogens is 248 g/mol. The predicted molar refractivity (Wildman–Crippen MR) is 83.1 cm³/mol. The highest BCUT2D eigenvalue weighted by atomic mass is 16.1. The van der Waals surface area contributed by atoms with Crippen LogP contribution in [0.2, 0.25) is 0 Å². The van der Waals surface area contributed by atoms with Crippen molar-refractivity contribution in [3.8, 4) is 0 Å². The van der Waals surface area contributed by atoms with Crippen LogP contribution in [0.25, 0.3) is 0 Å². The summed E-state index contributed by atoms with van der Waals surface area (Å²) in [6.07, 6.45) is 1.20. The molecule has 1 aromatic carbocycles. The molecule has 0 amide bonds. The molecule has 20 heavy (non-hydrogen) atoms. The molecule has 0 radical (unpaired) electrons. The smallest absolute Gasteiger partial charge is 0.138 e. The van der Waals surface area contributed by atoms with Gasteiger partial charge in [-0.1, -0.05) is 29.8 Å². The van der Waals surface area contributed by atoms with E-state index in [0.717, 1.165) is 25.2 Å². The summed E-state index contributed by atoms with van der Waals surface area (Å²) < 4.78 is 0. The zero-order valence-electron chi connectivity index (χ0n) is 13.1. The van der Waals surface area contributed by atoms with Crippen molar-refractivity contribution in [1.29, 1.82) is 0 Å². The first-order valence-corrected chi connectivity index (χ1v) is 7.43. The Morgan fingerprint density at radius 1 is 1.35 bits per heavy atom. The number of Topliss-reactive ketones (excluding diaryl/α,β-unsaturated/α-hetero) is 1. The van der Waals surface area contributed by atoms with Crippen LogP contribution < -0.4 is 0 Å². The molecule has 1 aliphatic rings. The van der Waals surface area contributed by atoms with Crippen LogP contribution in [-0.4, -0.2) is 55.4 Å². The summed E-state index contributed by atoms with van der Waals surface area (Å²) >= 11 is 0. The number of likely N-dealkylation sites (tertiary alicyclic amines) is 1. The van der Waals surface area contributed by atoms with Gasteiger partial charge in [0.15, 0.2) is 0 Å². The minimum absolute atomic E-state index is 0.0107. The number of likely N-dealkylation sites (N-methyl/N-ethyl adjacent to an activating group) is 1. The third-order valence-corrected chi connectivity index (χ3v) is 4.39. The summed E-state index contributed by atoms with van der Waals surface area (Å²) in [5, 5.41) is 0. The molecule has 3 heteroatoms. The Morgan fingerprint density at radius 2 is 2.00 bits per heavy atom. The lowest BCUT2D eigenvalue weighted by Gasteiger charge is -2.24. The van der Waals surface area contributed by atoms with Crippen LogP contribution in [0, 0.1) is 6.92 Å². The van der Waals surface area contributed by atoms with Gasteiger partial charge in [-0.05, 0) is 46.5 Å². The SMILES string of the molecule is CC(=O)[C@H](CN1CC[C@H](N(C)C)C1)c1ccc(C)cc1. The summed E-state index contributed by atoms with van der Waals surface area (Å²) in [7, 11) is 4.27. The van der Waals surface area contributed by atoms with Gasteiger partial charge in [0.1, 0.15) is 5.78 Å². The van der Waals surface area contributed by atoms with Gasteiger partial charge >= 0.3 is 0 Å². The minimum atomic E-state index is 0.0107. The maximum absolute atomic E-state index is 12.0. The number of carbonyl (C=O) groups excluding carboxylic acids is 1. The van der Waals surface area contributed by atoms with Gasteiger partial charge in [0, 0.05) is 19.1 Å². The number of rotatable bonds is 5. The molecule has 3 nitrogen and oxygen atoms in total. The molecule has 0 saturated carbocycles. The number of ketones is 1. The van der Waals surface area contributed by atoms with E-state index < -0.39 is 0 Å². The first kappa shape index (κ1) is 15.2. The molecule has 1 saturated heterocycles. The normalized spacial score (nSPS) is 21.4. The molecule has 0 spiro atoms. The van der Waals surface area contributed by atoms with Gasteiger partial charge in [0.2, 0.25) is 0 Å². The Labute approximate surface area is 122 Å². The van der Waals surface area contributed by atoms with Gasteiger partial charge in [0.05, 0.1) is 5.92 Å². The Hall–Kier alpha value is -1.19. The van der Waals surface area contributed by atoms with E-state index in [1.165, 1.54) is 12.0 Å². The number of hydrogen-bond acceptors (Lipinski definition) is 3. The number of aryl methyl sites for hydroxylation is 1. The van der Waals surface area contributed by atoms with Crippen molar-refractivity contribution in [2.24, 2.45) is 0 Å². The highest BCUT2D eigenvalue weighted by molar-refractivity contribution is 5.83. The second-order valence-electron chi connectivity index (χ2n) is 6.24. The summed E-state index contributed by atoms with van der Waals surface area (Å²) in [5.41, 5.74) is 2.39. The molecule has 0 N–H and O–H groups in total. The summed E-state index contributed by atoms with van der Waals surface area (Å²) in [5.74, 6) is 0.277. The van der Waals surface area contributed by atoms with Crippen molar-refractivity contribution in [3.63, 3.8) is 0 Å². The third kappa shape index (κ3) is 3.68. The van der Waals surface area contributed by atoms with Gasteiger partial charge < -0.3 is 9.80 Å². The van der Waals surface area contributed by atoms with E-state index in [2.05, 4.69) is 55.1 Å². The van der Waals surface area contributed by atoms with Crippen LogP contribution in [0.15, 0.2) is 24.3 Å². The third-order valence-electron chi connectivity index (χ3n) is 4.39. The average molecular weight is 274 g/mol. The Kier molecular flexibility index (Phi) is 4.95. The highest BCUT2D eigenvalue weighted by Gasteiger charge is 2.27. The molecule has 1 fully saturated rings. The molecule has 2 rings (SSSR count). The van der Waals surface area contributed by atoms with E-state index in [0.29, 0.717) is 6.04 Å². The van der Waals surface area contributed by atoms with E-state index in [1.807, 2.05) is 0 Å². The monoisotopic (exact) mass is 274 g/mol. The lowest BCUT2D eigenvalue weighted by Crippen LogP contribution is -2.34. The Bertz CT molecular complexity index is 453. The molecule has 1 aromatic rings. The van der Waals surface area contributed by atoms with Crippen LogP contribution in [0.4, 0.5) is 0 Å². The van der Waals surface area contributed by atoms with Gasteiger partial charge in [0.25, 0.3) is 0 Å². The highest BCUT2D eigenvalue weighted by Crippen LogP contribution is 2.22. The van der Waals surface area contributed by atoms with E-state index in [4.69, 9.17) is 0 Å². The Balaban J connectivity index is 2.04. The number of benzene rings is 1. The van der Waals surface area contributed by atoms with Crippen LogP contribution in [0.3, 0.4) is 0 Å². The topological polar surface area (TPSA) is 23.6 Å². The standard InChI is InChI=1S/C17H26N2O/c1-13-5-7-15(8-6-13)17(14(2)20)12-19-10-9-16(11-19)18(3)4/h5-8,16-17H,9-12H2,1-4H3/t16-,17-/m0/s1. The molecule has 0 bridgehead atoms. The van der Waals surface area contributed by atoms with E-state index in [1.54, 1.807) is 6.92 Å². The molecule has 110 valence electrons. The zero-order chi connectivity index (χ0) is 14.7. The van der Waals surface area contributed by atoms with Gasteiger partial charge in [-0.3, -0.25) is 4.79 Å². The first-order chi connectivity index (χ1) is 9.47. The van der Waals surface area contributed by atoms with Crippen molar-refractivity contribution in [2.75, 3.05) is 33.7 Å². The fourth-order valence-corrected chi connectivity index (χ4v) is 2.93. The van der Waals surface area contributed by atoms with Crippen LogP contribution in [0.5, 0.6) is 0 Å². The fraction of sp³-hybridized carbons (Fsp3) is 0.588. The quantitative estimate of drug-likeness (QED) is 0.823. The van der Waals surface area contributed by atoms with Crippen LogP contribution >= 0.6 is 0 Å². The number of nitrogens with zero attached hydrogens (tertiary/aromatic N) is 2. The second-order valence-corrected chi connectivity index (χ2v) is 6.24. The molecule has 1 heterocycles. The molecule has 0 unspecified atom stereocenters. The molecule has 0 aliphatic carbocycles. The summed E-state index contributed by atoms with van der Waals surface area (Å²) in [6.45, 7) is 6.81. The fourth-order valence-electron chi connectivity index (χ4n) is 2.93. The van der Waals surface area contributed by atoms with Crippen molar-refractivity contribution in [1.82, 2.24) is 9.80 Å². The van der Waals surface area contributed by atoms with Gasteiger partial charge in [-0.2, -0.15) is 0 Å². The predicted octanol–water partition coefficient (Wildman–Crippen LogP) is 2.30.